The quantitative estimate of drug-likeness (QED) is 0.824. The number of hydrogen-bond donors (Lipinski definition) is 2. The number of aromatic nitrogens is 1. The molecule has 0 spiro atoms. The summed E-state index contributed by atoms with van der Waals surface area (Å²) in [5.41, 5.74) is 0.180. The van der Waals surface area contributed by atoms with Crippen molar-refractivity contribution in [3.05, 3.63) is 29.5 Å². The zero-order valence-electron chi connectivity index (χ0n) is 12.3. The first-order valence-electron chi connectivity index (χ1n) is 7.02. The van der Waals surface area contributed by atoms with Crippen molar-refractivity contribution in [1.29, 1.82) is 0 Å². The molecule has 21 heavy (non-hydrogen) atoms. The topological polar surface area (TPSA) is 75.4 Å². The molecule has 0 radical (unpaired) electrons. The molecule has 2 rings (SSSR count). The number of thiazole rings is 1. The van der Waals surface area contributed by atoms with Gasteiger partial charge in [-0.1, -0.05) is 13.8 Å². The smallest absolute Gasteiger partial charge is 0.226 e. The van der Waals surface area contributed by atoms with Gasteiger partial charge in [0.15, 0.2) is 10.8 Å². The maximum Gasteiger partial charge on any atom is 0.226 e. The number of nitrogens with one attached hydrogen (secondary N) is 1. The van der Waals surface area contributed by atoms with Crippen LogP contribution in [0, 0.1) is 0 Å². The molecular formula is C15H20N2O3S. The van der Waals surface area contributed by atoms with Crippen molar-refractivity contribution in [2.75, 3.05) is 6.61 Å². The molecule has 5 nitrogen and oxygen atoms in total. The van der Waals surface area contributed by atoms with Crippen LogP contribution >= 0.6 is 11.3 Å². The van der Waals surface area contributed by atoms with Crippen molar-refractivity contribution < 1.29 is 14.3 Å². The summed E-state index contributed by atoms with van der Waals surface area (Å²) >= 11 is 1.45. The molecule has 1 amide bonds. The molecule has 2 N–H and O–H groups in total. The van der Waals surface area contributed by atoms with Crippen LogP contribution < -0.4 is 5.32 Å². The van der Waals surface area contributed by atoms with Gasteiger partial charge in [-0.3, -0.25) is 4.79 Å². The zero-order chi connectivity index (χ0) is 15.3. The summed E-state index contributed by atoms with van der Waals surface area (Å²) in [5, 5.41) is 15.0. The molecule has 2 heterocycles. The Morgan fingerprint density at radius 1 is 1.48 bits per heavy atom. The number of amides is 1. The second-order valence-corrected chi connectivity index (χ2v) is 5.85. The van der Waals surface area contributed by atoms with Gasteiger partial charge < -0.3 is 14.8 Å². The summed E-state index contributed by atoms with van der Waals surface area (Å²) in [6.07, 6.45) is 3.20. The fourth-order valence-electron chi connectivity index (χ4n) is 2.10. The van der Waals surface area contributed by atoms with E-state index in [2.05, 4.69) is 10.3 Å². The van der Waals surface area contributed by atoms with Crippen LogP contribution in [-0.2, 0) is 11.2 Å². The molecule has 0 saturated carbocycles. The zero-order valence-corrected chi connectivity index (χ0v) is 13.1. The normalized spacial score (nSPS) is 11.6. The molecule has 6 heteroatoms. The molecule has 114 valence electrons. The van der Waals surface area contributed by atoms with Gasteiger partial charge in [0.2, 0.25) is 5.91 Å². The Bertz CT molecular complexity index is 565. The molecule has 0 saturated heterocycles. The van der Waals surface area contributed by atoms with Crippen molar-refractivity contribution in [2.45, 2.75) is 38.6 Å². The number of hydrogen-bond acceptors (Lipinski definition) is 5. The van der Waals surface area contributed by atoms with Crippen LogP contribution in [0.15, 0.2) is 28.2 Å². The van der Waals surface area contributed by atoms with Crippen LogP contribution in [0.2, 0.25) is 0 Å². The van der Waals surface area contributed by atoms with E-state index in [0.29, 0.717) is 24.3 Å². The van der Waals surface area contributed by atoms with Crippen molar-refractivity contribution >= 4 is 17.2 Å². The van der Waals surface area contributed by atoms with E-state index in [-0.39, 0.29) is 18.9 Å². The number of aliphatic hydroxyl groups excluding tert-OH is 1. The second-order valence-electron chi connectivity index (χ2n) is 4.99. The maximum absolute atomic E-state index is 12.1. The average Bonchev–Trinajstić information content (AvgIpc) is 3.15. The fraction of sp³-hybridized carbons (Fsp3) is 0.467. The highest BCUT2D eigenvalue weighted by Crippen LogP contribution is 2.24. The lowest BCUT2D eigenvalue weighted by Crippen LogP contribution is -2.51. The standard InChI is InChI=1S/C15H20N2O3S/c1-3-15(4-2,10-18)17-13(19)8-11-9-21-14(16-11)12-6-5-7-20-12/h5-7,9,18H,3-4,8,10H2,1-2H3,(H,17,19). The van der Waals surface area contributed by atoms with E-state index in [9.17, 15) is 9.90 Å². The van der Waals surface area contributed by atoms with Gasteiger partial charge >= 0.3 is 0 Å². The SMILES string of the molecule is CCC(CC)(CO)NC(=O)Cc1csc(-c2ccco2)n1. The van der Waals surface area contributed by atoms with Gasteiger partial charge in [-0.25, -0.2) is 4.98 Å². The first-order chi connectivity index (χ1) is 10.1. The summed E-state index contributed by atoms with van der Waals surface area (Å²) in [7, 11) is 0. The van der Waals surface area contributed by atoms with E-state index in [4.69, 9.17) is 4.42 Å². The van der Waals surface area contributed by atoms with Gasteiger partial charge in [-0.05, 0) is 25.0 Å². The highest BCUT2D eigenvalue weighted by molar-refractivity contribution is 7.13. The lowest BCUT2D eigenvalue weighted by molar-refractivity contribution is -0.123. The number of rotatable bonds is 7. The minimum atomic E-state index is -0.531. The summed E-state index contributed by atoms with van der Waals surface area (Å²) in [6.45, 7) is 3.86. The van der Waals surface area contributed by atoms with E-state index in [0.717, 1.165) is 5.01 Å². The van der Waals surface area contributed by atoms with E-state index >= 15 is 0 Å². The molecule has 0 fully saturated rings. The summed E-state index contributed by atoms with van der Waals surface area (Å²) in [4.78, 5) is 16.5. The molecule has 2 aromatic heterocycles. The number of aliphatic hydroxyl groups is 1. The van der Waals surface area contributed by atoms with Gasteiger partial charge in [0.25, 0.3) is 0 Å². The molecule has 0 aliphatic carbocycles. The van der Waals surface area contributed by atoms with E-state index < -0.39 is 5.54 Å². The van der Waals surface area contributed by atoms with Gasteiger partial charge in [-0.2, -0.15) is 0 Å². The molecule has 2 aromatic rings. The van der Waals surface area contributed by atoms with Gasteiger partial charge in [0, 0.05) is 5.38 Å². The number of carbonyl (C=O) groups is 1. The van der Waals surface area contributed by atoms with Crippen molar-refractivity contribution in [3.63, 3.8) is 0 Å². The first kappa shape index (κ1) is 15.7. The van der Waals surface area contributed by atoms with Crippen LogP contribution in [0.5, 0.6) is 0 Å². The van der Waals surface area contributed by atoms with E-state index in [1.165, 1.54) is 11.3 Å². The summed E-state index contributed by atoms with van der Waals surface area (Å²) in [5.74, 6) is 0.586. The van der Waals surface area contributed by atoms with Gasteiger partial charge in [0.1, 0.15) is 0 Å². The number of furan rings is 1. The highest BCUT2D eigenvalue weighted by atomic mass is 32.1. The third-order valence-corrected chi connectivity index (χ3v) is 4.59. The third-order valence-electron chi connectivity index (χ3n) is 3.69. The summed E-state index contributed by atoms with van der Waals surface area (Å²) < 4.78 is 5.28. The molecule has 0 atom stereocenters. The molecule has 0 aliphatic rings. The third kappa shape index (κ3) is 3.71. The van der Waals surface area contributed by atoms with Crippen LogP contribution in [0.3, 0.4) is 0 Å². The van der Waals surface area contributed by atoms with Crippen molar-refractivity contribution in [1.82, 2.24) is 10.3 Å². The van der Waals surface area contributed by atoms with Gasteiger partial charge in [-0.15, -0.1) is 11.3 Å². The van der Waals surface area contributed by atoms with Crippen molar-refractivity contribution in [2.24, 2.45) is 0 Å². The fourth-order valence-corrected chi connectivity index (χ4v) is 2.88. The lowest BCUT2D eigenvalue weighted by Gasteiger charge is -2.30. The predicted octanol–water partition coefficient (Wildman–Crippen LogP) is 2.61. The maximum atomic E-state index is 12.1. The molecule has 0 bridgehead atoms. The molecule has 0 unspecified atom stereocenters. The lowest BCUT2D eigenvalue weighted by atomic mass is 9.93. The Morgan fingerprint density at radius 2 is 2.24 bits per heavy atom. The first-order valence-corrected chi connectivity index (χ1v) is 7.90. The Morgan fingerprint density at radius 3 is 2.81 bits per heavy atom. The summed E-state index contributed by atoms with van der Waals surface area (Å²) in [6, 6.07) is 3.65. The van der Waals surface area contributed by atoms with E-state index in [1.54, 1.807) is 12.3 Å². The Kier molecular flexibility index (Phi) is 5.14. The number of carbonyl (C=O) groups excluding carboxylic acids is 1. The van der Waals surface area contributed by atoms with Crippen molar-refractivity contribution in [3.8, 4) is 10.8 Å². The van der Waals surface area contributed by atoms with Gasteiger partial charge in [0.05, 0.1) is 30.5 Å². The number of nitrogens with zero attached hydrogens (tertiary/aromatic N) is 1. The molecular weight excluding hydrogens is 288 g/mol. The molecule has 0 aromatic carbocycles. The monoisotopic (exact) mass is 308 g/mol. The minimum absolute atomic E-state index is 0.0551. The largest absolute Gasteiger partial charge is 0.462 e. The Balaban J connectivity index is 2.00. The van der Waals surface area contributed by atoms with Crippen LogP contribution in [0.25, 0.3) is 10.8 Å². The highest BCUT2D eigenvalue weighted by Gasteiger charge is 2.27. The Hall–Kier alpha value is -1.66. The Labute approximate surface area is 128 Å². The van der Waals surface area contributed by atoms with Crippen LogP contribution in [0.4, 0.5) is 0 Å². The minimum Gasteiger partial charge on any atom is -0.462 e. The average molecular weight is 308 g/mol. The van der Waals surface area contributed by atoms with Crippen LogP contribution in [-0.4, -0.2) is 28.1 Å². The van der Waals surface area contributed by atoms with E-state index in [1.807, 2.05) is 25.3 Å². The second kappa shape index (κ2) is 6.87. The predicted molar refractivity (Wildman–Crippen MR) is 82.1 cm³/mol. The molecule has 0 aliphatic heterocycles. The van der Waals surface area contributed by atoms with Crippen LogP contribution in [0.1, 0.15) is 32.4 Å².